The monoisotopic (exact) mass is 348 g/mol. The van der Waals surface area contributed by atoms with Gasteiger partial charge in [-0.1, -0.05) is 44.2 Å². The second-order valence-corrected chi connectivity index (χ2v) is 6.22. The number of nitrogens with one attached hydrogen (secondary N) is 1. The van der Waals surface area contributed by atoms with Crippen LogP contribution in [0.5, 0.6) is 0 Å². The van der Waals surface area contributed by atoms with Crippen molar-refractivity contribution in [1.29, 1.82) is 0 Å². The van der Waals surface area contributed by atoms with Crippen LogP contribution in [0.1, 0.15) is 13.8 Å². The van der Waals surface area contributed by atoms with Crippen LogP contribution < -0.4 is 11.0 Å². The van der Waals surface area contributed by atoms with Gasteiger partial charge in [0.1, 0.15) is 5.52 Å². The first-order valence-corrected chi connectivity index (χ1v) is 8.18. The van der Waals surface area contributed by atoms with Gasteiger partial charge in [-0.05, 0) is 11.6 Å². The highest BCUT2D eigenvalue weighted by atomic mass is 16.2. The van der Waals surface area contributed by atoms with Crippen LogP contribution in [0.15, 0.2) is 53.6 Å². The molecule has 0 saturated heterocycles. The minimum Gasteiger partial charge on any atom is -0.273 e. The summed E-state index contributed by atoms with van der Waals surface area (Å²) in [6.07, 6.45) is 3.20. The molecule has 26 heavy (non-hydrogen) atoms. The molecule has 0 unspecified atom stereocenters. The van der Waals surface area contributed by atoms with E-state index in [4.69, 9.17) is 0 Å². The van der Waals surface area contributed by atoms with Crippen LogP contribution in [0.2, 0.25) is 0 Å². The topological polar surface area (TPSA) is 94.2 Å². The van der Waals surface area contributed by atoms with Crippen LogP contribution in [-0.4, -0.2) is 30.4 Å². The quantitative estimate of drug-likeness (QED) is 0.609. The van der Waals surface area contributed by atoms with Gasteiger partial charge < -0.3 is 0 Å². The molecule has 1 amide bonds. The Kier molecular flexibility index (Phi) is 3.72. The lowest BCUT2D eigenvalue weighted by Crippen LogP contribution is -2.35. The number of rotatable bonds is 3. The number of nitrogens with zero attached hydrogens (tertiary/aromatic N) is 5. The van der Waals surface area contributed by atoms with Crippen molar-refractivity contribution in [3.05, 3.63) is 59.1 Å². The first-order chi connectivity index (χ1) is 12.6. The van der Waals surface area contributed by atoms with E-state index in [1.165, 1.54) is 6.20 Å². The minimum absolute atomic E-state index is 0.131. The Bertz CT molecular complexity index is 1180. The van der Waals surface area contributed by atoms with Crippen LogP contribution in [-0.2, 0) is 4.79 Å². The Balaban J connectivity index is 1.87. The first-order valence-electron chi connectivity index (χ1n) is 8.18. The first kappa shape index (κ1) is 15.9. The van der Waals surface area contributed by atoms with Gasteiger partial charge >= 0.3 is 0 Å². The van der Waals surface area contributed by atoms with Gasteiger partial charge in [-0.3, -0.25) is 15.0 Å². The van der Waals surface area contributed by atoms with Gasteiger partial charge in [0.25, 0.3) is 5.56 Å². The number of fused-ring (bicyclic) bond motifs is 3. The zero-order chi connectivity index (χ0) is 18.3. The lowest BCUT2D eigenvalue weighted by atomic mass is 10.1. The number of carbonyl (C=O) groups is 1. The van der Waals surface area contributed by atoms with E-state index in [1.54, 1.807) is 30.6 Å². The summed E-state index contributed by atoms with van der Waals surface area (Å²) in [4.78, 5) is 24.5. The second kappa shape index (κ2) is 6.07. The van der Waals surface area contributed by atoms with E-state index < -0.39 is 5.56 Å². The largest absolute Gasteiger partial charge is 0.299 e. The number of aromatic nitrogens is 5. The van der Waals surface area contributed by atoms with E-state index in [0.717, 1.165) is 15.8 Å². The summed E-state index contributed by atoms with van der Waals surface area (Å²) < 4.78 is 2.70. The highest BCUT2D eigenvalue weighted by Crippen LogP contribution is 2.23. The predicted molar refractivity (Wildman–Crippen MR) is 97.2 cm³/mol. The molecule has 0 aliphatic rings. The second-order valence-electron chi connectivity index (χ2n) is 6.22. The summed E-state index contributed by atoms with van der Waals surface area (Å²) in [6.45, 7) is 3.50. The van der Waals surface area contributed by atoms with Crippen LogP contribution >= 0.6 is 0 Å². The van der Waals surface area contributed by atoms with Crippen molar-refractivity contribution in [2.45, 2.75) is 13.8 Å². The molecule has 0 aliphatic carbocycles. The smallest absolute Gasteiger partial charge is 0.273 e. The van der Waals surface area contributed by atoms with E-state index in [2.05, 4.69) is 20.7 Å². The normalized spacial score (nSPS) is 11.3. The Morgan fingerprint density at radius 3 is 2.62 bits per heavy atom. The van der Waals surface area contributed by atoms with Crippen molar-refractivity contribution in [1.82, 2.24) is 24.5 Å². The third-order valence-electron chi connectivity index (χ3n) is 4.10. The molecule has 8 nitrogen and oxygen atoms in total. The van der Waals surface area contributed by atoms with Crippen molar-refractivity contribution < 1.29 is 4.79 Å². The molecule has 0 bridgehead atoms. The number of amides is 1. The highest BCUT2D eigenvalue weighted by molar-refractivity contribution is 5.86. The summed E-state index contributed by atoms with van der Waals surface area (Å²) in [5.74, 6) is -0.503. The van der Waals surface area contributed by atoms with Gasteiger partial charge in [0, 0.05) is 17.7 Å². The molecule has 4 aromatic rings. The molecule has 0 aliphatic heterocycles. The average molecular weight is 348 g/mol. The van der Waals surface area contributed by atoms with E-state index in [1.807, 2.05) is 30.3 Å². The van der Waals surface area contributed by atoms with Crippen molar-refractivity contribution in [3.63, 3.8) is 0 Å². The molecule has 0 saturated carbocycles. The molecular weight excluding hydrogens is 332 g/mol. The zero-order valence-electron chi connectivity index (χ0n) is 14.2. The molecule has 0 fully saturated rings. The van der Waals surface area contributed by atoms with Gasteiger partial charge in [-0.15, -0.1) is 10.2 Å². The van der Waals surface area contributed by atoms with Crippen molar-refractivity contribution in [2.75, 3.05) is 5.43 Å². The number of hydrogen-bond acceptors (Lipinski definition) is 5. The number of carbonyl (C=O) groups excluding carboxylic acids is 1. The standard InChI is InChI=1S/C18H16N6O2/c1-11(2)17(25)22-23-9-8-14-15(18(23)26)20-21-16-13(10-19-24(14)16)12-6-4-3-5-7-12/h3-11H,1-2H3,(H,22,25). The molecule has 8 heteroatoms. The van der Waals surface area contributed by atoms with Crippen molar-refractivity contribution >= 4 is 22.6 Å². The molecule has 1 N–H and O–H groups in total. The maximum atomic E-state index is 12.6. The summed E-state index contributed by atoms with van der Waals surface area (Å²) in [7, 11) is 0. The fraction of sp³-hybridized carbons (Fsp3) is 0.167. The van der Waals surface area contributed by atoms with Crippen LogP contribution in [0, 0.1) is 5.92 Å². The molecule has 0 atom stereocenters. The van der Waals surface area contributed by atoms with E-state index in [-0.39, 0.29) is 17.3 Å². The minimum atomic E-state index is -0.456. The molecule has 1 aromatic carbocycles. The van der Waals surface area contributed by atoms with Crippen molar-refractivity contribution in [2.24, 2.45) is 5.92 Å². The van der Waals surface area contributed by atoms with Gasteiger partial charge in [0.15, 0.2) is 11.2 Å². The molecule has 0 radical (unpaired) electrons. The average Bonchev–Trinajstić information content (AvgIpc) is 3.09. The Morgan fingerprint density at radius 2 is 1.88 bits per heavy atom. The number of pyridine rings is 1. The molecule has 0 spiro atoms. The Morgan fingerprint density at radius 1 is 1.12 bits per heavy atom. The molecule has 3 aromatic heterocycles. The third kappa shape index (κ3) is 2.52. The van der Waals surface area contributed by atoms with Gasteiger partial charge in [0.05, 0.1) is 6.20 Å². The fourth-order valence-corrected chi connectivity index (χ4v) is 2.65. The Hall–Kier alpha value is -3.55. The van der Waals surface area contributed by atoms with Gasteiger partial charge in [0.2, 0.25) is 5.91 Å². The summed E-state index contributed by atoms with van der Waals surface area (Å²) in [5.41, 5.74) is 5.11. The summed E-state index contributed by atoms with van der Waals surface area (Å²) >= 11 is 0. The SMILES string of the molecule is CC(C)C(=O)Nn1ccc2c(nnc3c(-c4ccccc4)cnn32)c1=O. The predicted octanol–water partition coefficient (Wildman–Crippen LogP) is 1.83. The summed E-state index contributed by atoms with van der Waals surface area (Å²) in [5, 5.41) is 12.6. The third-order valence-corrected chi connectivity index (χ3v) is 4.10. The van der Waals surface area contributed by atoms with E-state index >= 15 is 0 Å². The van der Waals surface area contributed by atoms with E-state index in [9.17, 15) is 9.59 Å². The fourth-order valence-electron chi connectivity index (χ4n) is 2.65. The zero-order valence-corrected chi connectivity index (χ0v) is 14.2. The van der Waals surface area contributed by atoms with E-state index in [0.29, 0.717) is 11.2 Å². The maximum absolute atomic E-state index is 12.6. The molecular formula is C18H16N6O2. The van der Waals surface area contributed by atoms with Crippen LogP contribution in [0.25, 0.3) is 27.8 Å². The maximum Gasteiger partial charge on any atom is 0.299 e. The lowest BCUT2D eigenvalue weighted by molar-refractivity contribution is -0.119. The van der Waals surface area contributed by atoms with Gasteiger partial charge in [-0.25, -0.2) is 9.19 Å². The highest BCUT2D eigenvalue weighted by Gasteiger charge is 2.15. The Labute approximate surface area is 148 Å². The number of hydrogen-bond donors (Lipinski definition) is 1. The van der Waals surface area contributed by atoms with Gasteiger partial charge in [-0.2, -0.15) is 5.10 Å². The van der Waals surface area contributed by atoms with Crippen molar-refractivity contribution in [3.8, 4) is 11.1 Å². The molecule has 130 valence electrons. The number of benzene rings is 1. The van der Waals surface area contributed by atoms with Crippen LogP contribution in [0.4, 0.5) is 0 Å². The lowest BCUT2D eigenvalue weighted by Gasteiger charge is -2.10. The van der Waals surface area contributed by atoms with Crippen LogP contribution in [0.3, 0.4) is 0 Å². The molecule has 4 rings (SSSR count). The molecule has 3 heterocycles. The summed E-state index contributed by atoms with van der Waals surface area (Å²) in [6, 6.07) is 11.4.